The van der Waals surface area contributed by atoms with Crippen molar-refractivity contribution in [2.75, 3.05) is 6.61 Å². The summed E-state index contributed by atoms with van der Waals surface area (Å²) in [6, 6.07) is 0.0863. The first-order chi connectivity index (χ1) is 11.3. The Morgan fingerprint density at radius 2 is 1.92 bits per heavy atom. The minimum absolute atomic E-state index is 0.0374. The molecule has 0 aromatic carbocycles. The van der Waals surface area contributed by atoms with E-state index in [4.69, 9.17) is 4.74 Å². The van der Waals surface area contributed by atoms with Gasteiger partial charge in [-0.2, -0.15) is 0 Å². The lowest BCUT2D eigenvalue weighted by atomic mass is 9.77. The predicted octanol–water partition coefficient (Wildman–Crippen LogP) is 2.39. The normalized spacial score (nSPS) is 39.5. The van der Waals surface area contributed by atoms with Gasteiger partial charge in [0.1, 0.15) is 0 Å². The van der Waals surface area contributed by atoms with Gasteiger partial charge >= 0.3 is 5.97 Å². The molecule has 1 saturated heterocycles. The van der Waals surface area contributed by atoms with Crippen LogP contribution >= 0.6 is 0 Å². The molecule has 5 heteroatoms. The van der Waals surface area contributed by atoms with Crippen molar-refractivity contribution in [1.29, 1.82) is 0 Å². The van der Waals surface area contributed by atoms with Crippen LogP contribution in [-0.4, -0.2) is 35.3 Å². The van der Waals surface area contributed by atoms with Gasteiger partial charge in [-0.05, 0) is 69.6 Å². The number of esters is 1. The van der Waals surface area contributed by atoms with Crippen LogP contribution in [-0.2, 0) is 19.1 Å². The van der Waals surface area contributed by atoms with Crippen LogP contribution in [0.15, 0.2) is 0 Å². The number of rotatable bonds is 4. The van der Waals surface area contributed by atoms with E-state index < -0.39 is 5.41 Å². The Morgan fingerprint density at radius 1 is 1.21 bits per heavy atom. The summed E-state index contributed by atoms with van der Waals surface area (Å²) in [5.41, 5.74) is -0.592. The Bertz CT molecular complexity index is 598. The van der Waals surface area contributed by atoms with E-state index in [1.807, 2.05) is 6.92 Å². The summed E-state index contributed by atoms with van der Waals surface area (Å²) >= 11 is 0. The van der Waals surface area contributed by atoms with Crippen molar-refractivity contribution in [3.05, 3.63) is 0 Å². The Kier molecular flexibility index (Phi) is 3.56. The first-order valence-electron chi connectivity index (χ1n) is 9.38. The van der Waals surface area contributed by atoms with Gasteiger partial charge in [-0.3, -0.25) is 19.3 Å². The quantitative estimate of drug-likeness (QED) is 0.585. The molecule has 1 heterocycles. The molecule has 132 valence electrons. The summed E-state index contributed by atoms with van der Waals surface area (Å²) in [6.07, 6.45) is 5.47. The number of hydrogen-bond acceptors (Lipinski definition) is 4. The van der Waals surface area contributed by atoms with Crippen LogP contribution in [0.25, 0.3) is 0 Å². The number of nitrogens with zero attached hydrogens (tertiary/aromatic N) is 1. The van der Waals surface area contributed by atoms with Crippen LogP contribution in [0, 0.1) is 35.0 Å². The van der Waals surface area contributed by atoms with E-state index in [-0.39, 0.29) is 36.4 Å². The number of imide groups is 1. The Morgan fingerprint density at radius 3 is 2.62 bits per heavy atom. The zero-order valence-electron chi connectivity index (χ0n) is 14.8. The Labute approximate surface area is 143 Å². The monoisotopic (exact) mass is 333 g/mol. The van der Waals surface area contributed by atoms with Crippen molar-refractivity contribution in [3.63, 3.8) is 0 Å². The number of hydrogen-bond donors (Lipinski definition) is 0. The third-order valence-electron chi connectivity index (χ3n) is 7.38. The predicted molar refractivity (Wildman–Crippen MR) is 86.6 cm³/mol. The molecule has 4 rings (SSSR count). The van der Waals surface area contributed by atoms with Crippen molar-refractivity contribution in [2.45, 2.75) is 58.9 Å². The SMILES string of the molecule is CCC(C)(C)C(=O)OCC(=O)N1C(=O)C2CC3C4CCC(C4)C3C21. The van der Waals surface area contributed by atoms with E-state index in [1.54, 1.807) is 13.8 Å². The third kappa shape index (κ3) is 2.09. The van der Waals surface area contributed by atoms with Gasteiger partial charge in [0.25, 0.3) is 5.91 Å². The lowest BCUT2D eigenvalue weighted by molar-refractivity contribution is -0.173. The molecule has 24 heavy (non-hydrogen) atoms. The molecule has 2 amide bonds. The van der Waals surface area contributed by atoms with Gasteiger partial charge in [-0.1, -0.05) is 6.92 Å². The second-order valence-corrected chi connectivity index (χ2v) is 8.82. The largest absolute Gasteiger partial charge is 0.455 e. The van der Waals surface area contributed by atoms with Crippen molar-refractivity contribution in [3.8, 4) is 0 Å². The highest BCUT2D eigenvalue weighted by Crippen LogP contribution is 2.63. The molecule has 0 aromatic heterocycles. The zero-order valence-corrected chi connectivity index (χ0v) is 14.8. The van der Waals surface area contributed by atoms with E-state index in [0.29, 0.717) is 24.2 Å². The van der Waals surface area contributed by atoms with Crippen LogP contribution in [0.5, 0.6) is 0 Å². The van der Waals surface area contributed by atoms with Crippen molar-refractivity contribution in [1.82, 2.24) is 4.90 Å². The van der Waals surface area contributed by atoms with Crippen LogP contribution in [0.3, 0.4) is 0 Å². The summed E-state index contributed by atoms with van der Waals surface area (Å²) in [4.78, 5) is 38.4. The van der Waals surface area contributed by atoms with Crippen molar-refractivity contribution >= 4 is 17.8 Å². The molecule has 6 atom stereocenters. The fourth-order valence-electron chi connectivity index (χ4n) is 5.71. The van der Waals surface area contributed by atoms with Gasteiger partial charge in [0.05, 0.1) is 17.4 Å². The smallest absolute Gasteiger partial charge is 0.312 e. The van der Waals surface area contributed by atoms with E-state index in [1.165, 1.54) is 24.2 Å². The number of amides is 2. The minimum Gasteiger partial charge on any atom is -0.455 e. The van der Waals surface area contributed by atoms with Crippen LogP contribution in [0.2, 0.25) is 0 Å². The van der Waals surface area contributed by atoms with E-state index >= 15 is 0 Å². The van der Waals surface area contributed by atoms with Crippen LogP contribution in [0.4, 0.5) is 0 Å². The molecule has 0 radical (unpaired) electrons. The van der Waals surface area contributed by atoms with Gasteiger partial charge in [0.2, 0.25) is 5.91 Å². The molecule has 4 aliphatic rings. The van der Waals surface area contributed by atoms with E-state index in [9.17, 15) is 14.4 Å². The van der Waals surface area contributed by atoms with E-state index in [2.05, 4.69) is 0 Å². The molecular formula is C19H27NO4. The molecule has 0 N–H and O–H groups in total. The maximum Gasteiger partial charge on any atom is 0.312 e. The number of carbonyl (C=O) groups is 3. The van der Waals surface area contributed by atoms with Gasteiger partial charge in [0.15, 0.2) is 6.61 Å². The Hall–Kier alpha value is -1.39. The molecule has 2 bridgehead atoms. The fourth-order valence-corrected chi connectivity index (χ4v) is 5.71. The van der Waals surface area contributed by atoms with Crippen molar-refractivity contribution in [2.24, 2.45) is 35.0 Å². The third-order valence-corrected chi connectivity index (χ3v) is 7.38. The summed E-state index contributed by atoms with van der Waals surface area (Å²) in [7, 11) is 0. The van der Waals surface area contributed by atoms with Gasteiger partial charge in [-0.25, -0.2) is 0 Å². The van der Waals surface area contributed by atoms with Crippen LogP contribution < -0.4 is 0 Å². The molecule has 1 aliphatic heterocycles. The Balaban J connectivity index is 1.41. The standard InChI is InChI=1S/C19H27NO4/c1-4-19(2,3)18(23)24-9-14(21)20-16-13(17(20)22)8-12-10-5-6-11(7-10)15(12)16/h10-13,15-16H,4-9H2,1-3H3. The average Bonchev–Trinajstić information content (AvgIpc) is 3.23. The lowest BCUT2D eigenvalue weighted by Gasteiger charge is -2.45. The molecular weight excluding hydrogens is 306 g/mol. The number of β-lactam (4-membered cyclic amide) rings is 1. The average molecular weight is 333 g/mol. The molecule has 6 unspecified atom stereocenters. The number of likely N-dealkylation sites (tertiary alicyclic amines) is 1. The van der Waals surface area contributed by atoms with E-state index in [0.717, 1.165) is 12.3 Å². The maximum absolute atomic E-state index is 12.5. The minimum atomic E-state index is -0.592. The van der Waals surface area contributed by atoms with Crippen molar-refractivity contribution < 1.29 is 19.1 Å². The first-order valence-corrected chi connectivity index (χ1v) is 9.38. The summed E-state index contributed by atoms with van der Waals surface area (Å²) < 4.78 is 5.20. The number of carbonyl (C=O) groups excluding carboxylic acids is 3. The molecule has 0 spiro atoms. The molecule has 4 fully saturated rings. The topological polar surface area (TPSA) is 63.7 Å². The highest BCUT2D eigenvalue weighted by Gasteiger charge is 2.66. The van der Waals surface area contributed by atoms with Gasteiger partial charge < -0.3 is 4.74 Å². The molecule has 3 saturated carbocycles. The molecule has 0 aromatic rings. The fraction of sp³-hybridized carbons (Fsp3) is 0.842. The lowest BCUT2D eigenvalue weighted by Crippen LogP contribution is -2.64. The second kappa shape index (κ2) is 5.30. The zero-order chi connectivity index (χ0) is 17.2. The number of fused-ring (bicyclic) bond motifs is 7. The molecule has 3 aliphatic carbocycles. The summed E-state index contributed by atoms with van der Waals surface area (Å²) in [5.74, 6) is 1.94. The maximum atomic E-state index is 12.5. The highest BCUT2D eigenvalue weighted by atomic mass is 16.5. The highest BCUT2D eigenvalue weighted by molar-refractivity contribution is 6.03. The summed E-state index contributed by atoms with van der Waals surface area (Å²) in [6.45, 7) is 5.23. The van der Waals surface area contributed by atoms with Crippen LogP contribution in [0.1, 0.15) is 52.9 Å². The van der Waals surface area contributed by atoms with Gasteiger partial charge in [0, 0.05) is 0 Å². The summed E-state index contributed by atoms with van der Waals surface area (Å²) in [5, 5.41) is 0. The van der Waals surface area contributed by atoms with Gasteiger partial charge in [-0.15, -0.1) is 0 Å². The molecule has 5 nitrogen and oxygen atoms in total. The first kappa shape index (κ1) is 16.1. The number of ether oxygens (including phenoxy) is 1. The second-order valence-electron chi connectivity index (χ2n) is 8.82.